The highest BCUT2D eigenvalue weighted by Crippen LogP contribution is 2.08. The van der Waals surface area contributed by atoms with Crippen molar-refractivity contribution >= 4 is 5.69 Å². The largest absolute Gasteiger partial charge is 0.393 e. The van der Waals surface area contributed by atoms with Gasteiger partial charge in [-0.25, -0.2) is 13.6 Å². The third kappa shape index (κ3) is 2.61. The van der Waals surface area contributed by atoms with Crippen molar-refractivity contribution in [2.24, 2.45) is 0 Å². The van der Waals surface area contributed by atoms with Gasteiger partial charge in [0.15, 0.2) is 0 Å². The molecular weight excluding hydrogens is 268 g/mol. The number of aryl methyl sites for hydroxylation is 1. The third-order valence-electron chi connectivity index (χ3n) is 2.87. The number of hydrogen-bond donors (Lipinski definition) is 1. The molecule has 0 saturated carbocycles. The summed E-state index contributed by atoms with van der Waals surface area (Å²) in [7, 11) is 0. The lowest BCUT2D eigenvalue weighted by Gasteiger charge is -2.10. The average molecular weight is 281 g/mol. The van der Waals surface area contributed by atoms with Crippen LogP contribution in [0.4, 0.5) is 14.5 Å². The van der Waals surface area contributed by atoms with Gasteiger partial charge in [-0.15, -0.1) is 0 Å². The third-order valence-corrected chi connectivity index (χ3v) is 2.87. The number of hydrogen-bond acceptors (Lipinski definition) is 3. The van der Waals surface area contributed by atoms with Crippen molar-refractivity contribution in [3.05, 3.63) is 62.4 Å². The standard InChI is InChI=1S/C13H13F2N3O2/c1-2-17-7-11(16)12(19)18(13(17)20)6-8-3-9(14)5-10(15)4-8/h3-5,7H,2,6,16H2,1H3. The van der Waals surface area contributed by atoms with E-state index in [0.717, 1.165) is 22.8 Å². The summed E-state index contributed by atoms with van der Waals surface area (Å²) in [6.07, 6.45) is 1.26. The highest BCUT2D eigenvalue weighted by atomic mass is 19.1. The molecule has 20 heavy (non-hydrogen) atoms. The van der Waals surface area contributed by atoms with Crippen LogP contribution < -0.4 is 17.0 Å². The fourth-order valence-electron chi connectivity index (χ4n) is 1.93. The van der Waals surface area contributed by atoms with Crippen molar-refractivity contribution in [2.45, 2.75) is 20.0 Å². The van der Waals surface area contributed by atoms with Crippen molar-refractivity contribution in [3.8, 4) is 0 Å². The molecule has 0 amide bonds. The van der Waals surface area contributed by atoms with Gasteiger partial charge >= 0.3 is 5.69 Å². The minimum atomic E-state index is -0.771. The quantitative estimate of drug-likeness (QED) is 0.910. The Morgan fingerprint density at radius 2 is 1.75 bits per heavy atom. The van der Waals surface area contributed by atoms with Crippen LogP contribution in [0.5, 0.6) is 0 Å². The molecule has 0 fully saturated rings. The Morgan fingerprint density at radius 3 is 2.30 bits per heavy atom. The minimum absolute atomic E-state index is 0.0941. The molecule has 0 atom stereocenters. The van der Waals surface area contributed by atoms with E-state index < -0.39 is 22.9 Å². The lowest BCUT2D eigenvalue weighted by atomic mass is 10.2. The second kappa shape index (κ2) is 5.28. The van der Waals surface area contributed by atoms with Crippen molar-refractivity contribution in [1.82, 2.24) is 9.13 Å². The molecule has 0 radical (unpaired) electrons. The summed E-state index contributed by atoms with van der Waals surface area (Å²) in [5.74, 6) is -1.54. The summed E-state index contributed by atoms with van der Waals surface area (Å²) in [4.78, 5) is 23.9. The number of nitrogens with zero attached hydrogens (tertiary/aromatic N) is 2. The van der Waals surface area contributed by atoms with Gasteiger partial charge in [0.05, 0.1) is 6.54 Å². The number of nitrogens with two attached hydrogens (primary N) is 1. The Bertz CT molecular complexity index is 745. The van der Waals surface area contributed by atoms with Crippen LogP contribution in [0.2, 0.25) is 0 Å². The Kier molecular flexibility index (Phi) is 3.69. The van der Waals surface area contributed by atoms with Crippen LogP contribution in [-0.4, -0.2) is 9.13 Å². The highest BCUT2D eigenvalue weighted by molar-refractivity contribution is 5.31. The van der Waals surface area contributed by atoms with Crippen molar-refractivity contribution in [1.29, 1.82) is 0 Å². The second-order valence-electron chi connectivity index (χ2n) is 4.32. The van der Waals surface area contributed by atoms with E-state index in [1.165, 1.54) is 10.8 Å². The van der Waals surface area contributed by atoms with Gasteiger partial charge in [0.2, 0.25) is 0 Å². The Hall–Kier alpha value is -2.44. The van der Waals surface area contributed by atoms with E-state index in [9.17, 15) is 18.4 Å². The molecule has 0 bridgehead atoms. The molecular formula is C13H13F2N3O2. The summed E-state index contributed by atoms with van der Waals surface area (Å²) < 4.78 is 28.4. The number of anilines is 1. The first kappa shape index (κ1) is 14.0. The Balaban J connectivity index is 2.56. The maximum absolute atomic E-state index is 13.1. The van der Waals surface area contributed by atoms with Gasteiger partial charge in [0.1, 0.15) is 17.3 Å². The second-order valence-corrected chi connectivity index (χ2v) is 4.32. The van der Waals surface area contributed by atoms with Crippen LogP contribution in [0, 0.1) is 11.6 Å². The van der Waals surface area contributed by atoms with Crippen LogP contribution in [0.3, 0.4) is 0 Å². The molecule has 0 aliphatic rings. The Labute approximate surface area is 112 Å². The first-order valence-electron chi connectivity index (χ1n) is 5.97. The van der Waals surface area contributed by atoms with Gasteiger partial charge in [-0.2, -0.15) is 0 Å². The molecule has 5 nitrogen and oxygen atoms in total. The zero-order valence-electron chi connectivity index (χ0n) is 10.8. The molecule has 2 N–H and O–H groups in total. The van der Waals surface area contributed by atoms with Crippen molar-refractivity contribution < 1.29 is 8.78 Å². The molecule has 0 aliphatic carbocycles. The van der Waals surface area contributed by atoms with E-state index in [0.29, 0.717) is 6.54 Å². The van der Waals surface area contributed by atoms with Crippen LogP contribution in [0.1, 0.15) is 12.5 Å². The molecule has 0 unspecified atom stereocenters. The monoisotopic (exact) mass is 281 g/mol. The SMILES string of the molecule is CCn1cc(N)c(=O)n(Cc2cc(F)cc(F)c2)c1=O. The Morgan fingerprint density at radius 1 is 1.15 bits per heavy atom. The minimum Gasteiger partial charge on any atom is -0.393 e. The van der Waals surface area contributed by atoms with Gasteiger partial charge in [-0.05, 0) is 24.6 Å². The average Bonchev–Trinajstić information content (AvgIpc) is 2.38. The summed E-state index contributed by atoms with van der Waals surface area (Å²) in [6.45, 7) is 1.82. The molecule has 2 aromatic rings. The van der Waals surface area contributed by atoms with Crippen LogP contribution in [0.25, 0.3) is 0 Å². The van der Waals surface area contributed by atoms with E-state index in [2.05, 4.69) is 0 Å². The fraction of sp³-hybridized carbons (Fsp3) is 0.231. The lowest BCUT2D eigenvalue weighted by Crippen LogP contribution is -2.40. The first-order chi connectivity index (χ1) is 9.42. The smallest absolute Gasteiger partial charge is 0.331 e. The topological polar surface area (TPSA) is 70.0 Å². The highest BCUT2D eigenvalue weighted by Gasteiger charge is 2.10. The maximum atomic E-state index is 13.1. The molecule has 1 aromatic heterocycles. The van der Waals surface area contributed by atoms with Gasteiger partial charge in [-0.3, -0.25) is 13.9 Å². The molecule has 0 aliphatic heterocycles. The van der Waals surface area contributed by atoms with E-state index >= 15 is 0 Å². The van der Waals surface area contributed by atoms with Crippen molar-refractivity contribution in [3.63, 3.8) is 0 Å². The van der Waals surface area contributed by atoms with E-state index in [1.54, 1.807) is 6.92 Å². The van der Waals surface area contributed by atoms with Gasteiger partial charge in [0, 0.05) is 18.8 Å². The molecule has 1 heterocycles. The summed E-state index contributed by atoms with van der Waals surface area (Å²) in [5, 5.41) is 0. The normalized spacial score (nSPS) is 10.8. The summed E-state index contributed by atoms with van der Waals surface area (Å²) in [5.41, 5.74) is 4.37. The van der Waals surface area contributed by atoms with Crippen LogP contribution in [0.15, 0.2) is 34.0 Å². The van der Waals surface area contributed by atoms with E-state index in [4.69, 9.17) is 5.73 Å². The van der Waals surface area contributed by atoms with Crippen LogP contribution in [-0.2, 0) is 13.1 Å². The molecule has 7 heteroatoms. The van der Waals surface area contributed by atoms with E-state index in [-0.39, 0.29) is 17.8 Å². The number of halogens is 2. The van der Waals surface area contributed by atoms with Crippen molar-refractivity contribution in [2.75, 3.05) is 5.73 Å². The maximum Gasteiger partial charge on any atom is 0.331 e. The predicted molar refractivity (Wildman–Crippen MR) is 70.5 cm³/mol. The number of nitrogen functional groups attached to an aromatic ring is 1. The number of rotatable bonds is 3. The first-order valence-corrected chi connectivity index (χ1v) is 5.97. The zero-order chi connectivity index (χ0) is 14.9. The molecule has 0 saturated heterocycles. The predicted octanol–water partition coefficient (Wildman–Crippen LogP) is 0.939. The van der Waals surface area contributed by atoms with Gasteiger partial charge in [0.25, 0.3) is 5.56 Å². The summed E-state index contributed by atoms with van der Waals surface area (Å²) in [6, 6.07) is 2.85. The number of benzene rings is 1. The molecule has 1 aromatic carbocycles. The zero-order valence-corrected chi connectivity index (χ0v) is 10.8. The van der Waals surface area contributed by atoms with Gasteiger partial charge < -0.3 is 5.73 Å². The number of aromatic nitrogens is 2. The van der Waals surface area contributed by atoms with E-state index in [1.807, 2.05) is 0 Å². The molecule has 0 spiro atoms. The van der Waals surface area contributed by atoms with Gasteiger partial charge in [-0.1, -0.05) is 0 Å². The summed E-state index contributed by atoms with van der Waals surface area (Å²) >= 11 is 0. The molecule has 106 valence electrons. The van der Waals surface area contributed by atoms with Crippen LogP contribution >= 0.6 is 0 Å². The lowest BCUT2D eigenvalue weighted by molar-refractivity contribution is 0.568. The molecule has 2 rings (SSSR count). The fourth-order valence-corrected chi connectivity index (χ4v) is 1.93.